The summed E-state index contributed by atoms with van der Waals surface area (Å²) in [5, 5.41) is 9.72. The maximum Gasteiger partial charge on any atom is 0.262 e. The molecule has 1 amide bonds. The minimum atomic E-state index is -0.261. The fourth-order valence-corrected chi connectivity index (χ4v) is 3.01. The molecule has 0 spiro atoms. The molecule has 0 radical (unpaired) electrons. The lowest BCUT2D eigenvalue weighted by molar-refractivity contribution is -0.118. The van der Waals surface area contributed by atoms with Crippen LogP contribution in [0.3, 0.4) is 0 Å². The van der Waals surface area contributed by atoms with Crippen LogP contribution in [-0.4, -0.2) is 39.3 Å². The molecule has 0 aliphatic rings. The van der Waals surface area contributed by atoms with Gasteiger partial charge in [-0.25, -0.2) is 0 Å². The van der Waals surface area contributed by atoms with Crippen molar-refractivity contribution in [2.24, 2.45) is 0 Å². The molecule has 6 nitrogen and oxygen atoms in total. The average Bonchev–Trinajstić information content (AvgIpc) is 2.69. The van der Waals surface area contributed by atoms with Crippen molar-refractivity contribution in [3.63, 3.8) is 0 Å². The van der Waals surface area contributed by atoms with Gasteiger partial charge in [0.1, 0.15) is 0 Å². The second-order valence-corrected chi connectivity index (χ2v) is 7.08. The van der Waals surface area contributed by atoms with E-state index in [0.29, 0.717) is 29.7 Å². The fourth-order valence-electron chi connectivity index (χ4n) is 2.72. The predicted octanol–water partition coefficient (Wildman–Crippen LogP) is 3.76. The zero-order valence-corrected chi connectivity index (χ0v) is 18.1. The first-order valence-corrected chi connectivity index (χ1v) is 10.2. The number of anilines is 1. The predicted molar refractivity (Wildman–Crippen MR) is 118 cm³/mol. The van der Waals surface area contributed by atoms with Crippen LogP contribution in [0.1, 0.15) is 24.5 Å². The van der Waals surface area contributed by atoms with E-state index < -0.39 is 0 Å². The molecule has 0 aliphatic heterocycles. The number of ether oxygens (including phenoxy) is 2. The number of halogens is 1. The van der Waals surface area contributed by atoms with Crippen LogP contribution >= 0.6 is 11.6 Å². The molecule has 0 saturated carbocycles. The Morgan fingerprint density at radius 3 is 2.55 bits per heavy atom. The minimum Gasteiger partial charge on any atom is -0.490 e. The molecule has 2 aromatic rings. The van der Waals surface area contributed by atoms with Gasteiger partial charge in [-0.3, -0.25) is 4.79 Å². The minimum absolute atomic E-state index is 0.157. The van der Waals surface area contributed by atoms with Gasteiger partial charge in [0.25, 0.3) is 5.91 Å². The summed E-state index contributed by atoms with van der Waals surface area (Å²) in [6.07, 6.45) is 1.04. The molecular weight excluding hydrogens is 390 g/mol. The lowest BCUT2D eigenvalue weighted by Crippen LogP contribution is -2.21. The summed E-state index contributed by atoms with van der Waals surface area (Å²) < 4.78 is 11.4. The second-order valence-electron chi connectivity index (χ2n) is 6.67. The first-order valence-electron chi connectivity index (χ1n) is 9.83. The van der Waals surface area contributed by atoms with Gasteiger partial charge in [-0.1, -0.05) is 29.3 Å². The molecular formula is C22H30ClN3O3. The Morgan fingerprint density at radius 2 is 1.86 bits per heavy atom. The number of benzene rings is 2. The van der Waals surface area contributed by atoms with E-state index in [2.05, 4.69) is 16.0 Å². The number of amides is 1. The van der Waals surface area contributed by atoms with Gasteiger partial charge in [-0.2, -0.15) is 0 Å². The Balaban J connectivity index is 1.97. The number of carbonyl (C=O) groups excluding carboxylic acids is 1. The monoisotopic (exact) mass is 419 g/mol. The van der Waals surface area contributed by atoms with Crippen LogP contribution in [0, 0.1) is 6.92 Å². The van der Waals surface area contributed by atoms with Crippen molar-refractivity contribution in [1.82, 2.24) is 10.6 Å². The van der Waals surface area contributed by atoms with Gasteiger partial charge in [0.15, 0.2) is 18.1 Å². The third-order valence-corrected chi connectivity index (χ3v) is 4.44. The quantitative estimate of drug-likeness (QED) is 0.457. The number of rotatable bonds is 12. The normalized spacial score (nSPS) is 10.6. The zero-order chi connectivity index (χ0) is 21.1. The molecule has 29 heavy (non-hydrogen) atoms. The van der Waals surface area contributed by atoms with E-state index in [1.54, 1.807) is 0 Å². The molecule has 158 valence electrons. The molecule has 0 saturated heterocycles. The number of nitrogens with one attached hydrogen (secondary N) is 3. The molecule has 0 aliphatic carbocycles. The molecule has 0 bridgehead atoms. The Labute approximate surface area is 177 Å². The topological polar surface area (TPSA) is 71.6 Å². The van der Waals surface area contributed by atoms with Crippen molar-refractivity contribution >= 4 is 23.2 Å². The number of carbonyl (C=O) groups is 1. The van der Waals surface area contributed by atoms with Gasteiger partial charge in [0, 0.05) is 12.2 Å². The molecule has 2 aromatic carbocycles. The van der Waals surface area contributed by atoms with Crippen LogP contribution in [0.15, 0.2) is 36.4 Å². The molecule has 2 rings (SSSR count). The summed E-state index contributed by atoms with van der Waals surface area (Å²) in [6.45, 7) is 6.75. The van der Waals surface area contributed by atoms with Crippen LogP contribution in [0.5, 0.6) is 11.5 Å². The van der Waals surface area contributed by atoms with Crippen LogP contribution in [0.25, 0.3) is 0 Å². The smallest absolute Gasteiger partial charge is 0.262 e. The lowest BCUT2D eigenvalue weighted by Gasteiger charge is -2.15. The van der Waals surface area contributed by atoms with Gasteiger partial charge in [-0.15, -0.1) is 0 Å². The van der Waals surface area contributed by atoms with E-state index in [0.717, 1.165) is 36.3 Å². The van der Waals surface area contributed by atoms with Crippen molar-refractivity contribution in [1.29, 1.82) is 0 Å². The van der Waals surface area contributed by atoms with E-state index in [1.165, 1.54) is 0 Å². The highest BCUT2D eigenvalue weighted by molar-refractivity contribution is 6.32. The van der Waals surface area contributed by atoms with Crippen molar-refractivity contribution < 1.29 is 14.3 Å². The van der Waals surface area contributed by atoms with Gasteiger partial charge < -0.3 is 25.4 Å². The molecule has 0 unspecified atom stereocenters. The summed E-state index contributed by atoms with van der Waals surface area (Å²) in [7, 11) is 1.94. The lowest BCUT2D eigenvalue weighted by atomic mass is 10.2. The Bertz CT molecular complexity index is 782. The van der Waals surface area contributed by atoms with E-state index >= 15 is 0 Å². The average molecular weight is 420 g/mol. The molecule has 3 N–H and O–H groups in total. The van der Waals surface area contributed by atoms with Crippen LogP contribution in [0.2, 0.25) is 5.02 Å². The Morgan fingerprint density at radius 1 is 1.10 bits per heavy atom. The van der Waals surface area contributed by atoms with E-state index in [4.69, 9.17) is 21.1 Å². The second kappa shape index (κ2) is 12.3. The fraction of sp³-hybridized carbons (Fsp3) is 0.409. The van der Waals surface area contributed by atoms with Crippen molar-refractivity contribution in [2.75, 3.05) is 38.7 Å². The van der Waals surface area contributed by atoms with Gasteiger partial charge in [0.05, 0.1) is 11.6 Å². The van der Waals surface area contributed by atoms with Crippen molar-refractivity contribution in [2.45, 2.75) is 26.8 Å². The van der Waals surface area contributed by atoms with Crippen LogP contribution < -0.4 is 25.4 Å². The molecule has 0 aromatic heterocycles. The molecule has 0 fully saturated rings. The third-order valence-electron chi connectivity index (χ3n) is 4.16. The van der Waals surface area contributed by atoms with Crippen LogP contribution in [-0.2, 0) is 11.3 Å². The highest BCUT2D eigenvalue weighted by Crippen LogP contribution is 2.36. The van der Waals surface area contributed by atoms with Gasteiger partial charge in [-0.05, 0) is 70.2 Å². The largest absolute Gasteiger partial charge is 0.490 e. The van der Waals surface area contributed by atoms with E-state index in [1.807, 2.05) is 57.3 Å². The first kappa shape index (κ1) is 23.0. The first-order chi connectivity index (χ1) is 14.0. The molecule has 0 heterocycles. The zero-order valence-electron chi connectivity index (χ0n) is 17.3. The van der Waals surface area contributed by atoms with Crippen molar-refractivity contribution in [3.8, 4) is 11.5 Å². The van der Waals surface area contributed by atoms with Crippen molar-refractivity contribution in [3.05, 3.63) is 52.5 Å². The summed E-state index contributed by atoms with van der Waals surface area (Å²) in [5.74, 6) is 0.657. The maximum absolute atomic E-state index is 12.2. The summed E-state index contributed by atoms with van der Waals surface area (Å²) in [5.41, 5.74) is 2.85. The maximum atomic E-state index is 12.2. The van der Waals surface area contributed by atoms with Gasteiger partial charge in [0.2, 0.25) is 0 Å². The Kier molecular flexibility index (Phi) is 9.77. The third kappa shape index (κ3) is 7.93. The number of hydrogen-bond acceptors (Lipinski definition) is 5. The summed E-state index contributed by atoms with van der Waals surface area (Å²) in [6, 6.07) is 11.3. The summed E-state index contributed by atoms with van der Waals surface area (Å²) >= 11 is 6.42. The highest BCUT2D eigenvalue weighted by Gasteiger charge is 2.14. The highest BCUT2D eigenvalue weighted by atomic mass is 35.5. The number of hydrogen-bond donors (Lipinski definition) is 3. The summed E-state index contributed by atoms with van der Waals surface area (Å²) in [4.78, 5) is 12.2. The molecule has 7 heteroatoms. The molecule has 0 atom stereocenters. The standard InChI is InChI=1S/C22H30ClN3O3/c1-4-28-20-13-17(14-25-11-5-10-24-3)12-19(23)22(20)29-15-21(27)26-18-8-6-16(2)7-9-18/h6-9,12-13,24-25H,4-5,10-11,14-15H2,1-3H3,(H,26,27). The van der Waals surface area contributed by atoms with E-state index in [9.17, 15) is 4.79 Å². The van der Waals surface area contributed by atoms with Crippen LogP contribution in [0.4, 0.5) is 5.69 Å². The van der Waals surface area contributed by atoms with Gasteiger partial charge >= 0.3 is 0 Å². The number of aryl methyl sites for hydroxylation is 1. The SMILES string of the molecule is CCOc1cc(CNCCCNC)cc(Cl)c1OCC(=O)Nc1ccc(C)cc1. The van der Waals surface area contributed by atoms with E-state index in [-0.39, 0.29) is 12.5 Å². The Hall–Kier alpha value is -2.28.